The van der Waals surface area contributed by atoms with Crippen LogP contribution in [0.25, 0.3) is 0 Å². The molecule has 0 heterocycles. The summed E-state index contributed by atoms with van der Waals surface area (Å²) in [5, 5.41) is 7.96. The number of hydrogen-bond acceptors (Lipinski definition) is 3. The highest BCUT2D eigenvalue weighted by Crippen LogP contribution is 2.10. The zero-order valence-corrected chi connectivity index (χ0v) is 8.58. The third kappa shape index (κ3) is 9.34. The van der Waals surface area contributed by atoms with Crippen LogP contribution in [0.4, 0.5) is 0 Å². The van der Waals surface area contributed by atoms with Crippen molar-refractivity contribution >= 4 is 5.97 Å². The van der Waals surface area contributed by atoms with Gasteiger partial charge in [-0.15, -0.1) is 0 Å². The Kier molecular flexibility index (Phi) is 7.69. The molecule has 0 unspecified atom stereocenters. The summed E-state index contributed by atoms with van der Waals surface area (Å²) in [7, 11) is 0. The highest BCUT2D eigenvalue weighted by Gasteiger charge is 2.00. The molecule has 0 saturated heterocycles. The van der Waals surface area contributed by atoms with Gasteiger partial charge in [0.2, 0.25) is 0 Å². The highest BCUT2D eigenvalue weighted by atomic mass is 17.1. The van der Waals surface area contributed by atoms with Gasteiger partial charge in [-0.05, 0) is 12.3 Å². The molecule has 0 atom stereocenters. The Morgan fingerprint density at radius 3 is 2.38 bits per heavy atom. The van der Waals surface area contributed by atoms with E-state index in [9.17, 15) is 4.79 Å². The van der Waals surface area contributed by atoms with Gasteiger partial charge in [0.1, 0.15) is 0 Å². The summed E-state index contributed by atoms with van der Waals surface area (Å²) in [6, 6.07) is 0. The maximum Gasteiger partial charge on any atom is 0.342 e. The summed E-state index contributed by atoms with van der Waals surface area (Å²) < 4.78 is 0. The maximum absolute atomic E-state index is 10.5. The van der Waals surface area contributed by atoms with E-state index in [-0.39, 0.29) is 0 Å². The molecular formula is C10H20O3. The Labute approximate surface area is 80.0 Å². The minimum absolute atomic E-state index is 0.332. The van der Waals surface area contributed by atoms with Crippen molar-refractivity contribution in [1.82, 2.24) is 0 Å². The molecule has 3 heteroatoms. The monoisotopic (exact) mass is 188 g/mol. The van der Waals surface area contributed by atoms with Crippen LogP contribution in [0.5, 0.6) is 0 Å². The van der Waals surface area contributed by atoms with Gasteiger partial charge in [0.05, 0.1) is 0 Å². The van der Waals surface area contributed by atoms with Crippen molar-refractivity contribution < 1.29 is 14.9 Å². The van der Waals surface area contributed by atoms with Gasteiger partial charge < -0.3 is 4.89 Å². The van der Waals surface area contributed by atoms with Crippen molar-refractivity contribution in [2.75, 3.05) is 0 Å². The van der Waals surface area contributed by atoms with Crippen LogP contribution in [-0.4, -0.2) is 11.2 Å². The first kappa shape index (κ1) is 12.4. The zero-order valence-electron chi connectivity index (χ0n) is 8.58. The molecule has 1 N–H and O–H groups in total. The van der Waals surface area contributed by atoms with E-state index < -0.39 is 5.97 Å². The summed E-state index contributed by atoms with van der Waals surface area (Å²) in [6.07, 6.45) is 5.84. The minimum Gasteiger partial charge on any atom is -0.301 e. The summed E-state index contributed by atoms with van der Waals surface area (Å²) >= 11 is 0. The topological polar surface area (TPSA) is 46.5 Å². The van der Waals surface area contributed by atoms with Crippen LogP contribution in [-0.2, 0) is 9.68 Å². The molecule has 0 aromatic heterocycles. The van der Waals surface area contributed by atoms with E-state index in [1.165, 1.54) is 12.8 Å². The van der Waals surface area contributed by atoms with Crippen molar-refractivity contribution in [1.29, 1.82) is 0 Å². The van der Waals surface area contributed by atoms with Gasteiger partial charge in [-0.3, -0.25) is 0 Å². The lowest BCUT2D eigenvalue weighted by molar-refractivity contribution is -0.234. The molecule has 0 spiro atoms. The van der Waals surface area contributed by atoms with Crippen molar-refractivity contribution in [3.8, 4) is 0 Å². The average Bonchev–Trinajstić information content (AvgIpc) is 2.10. The normalized spacial score (nSPS) is 10.5. The van der Waals surface area contributed by atoms with E-state index >= 15 is 0 Å². The largest absolute Gasteiger partial charge is 0.342 e. The molecule has 0 aromatic rings. The maximum atomic E-state index is 10.5. The third-order valence-corrected chi connectivity index (χ3v) is 2.01. The molecule has 0 saturated carbocycles. The van der Waals surface area contributed by atoms with Crippen LogP contribution in [0, 0.1) is 5.92 Å². The molecule has 0 aromatic carbocycles. The molecule has 0 aliphatic heterocycles. The molecule has 0 aliphatic carbocycles. The van der Waals surface area contributed by atoms with Crippen LogP contribution in [0.2, 0.25) is 0 Å². The van der Waals surface area contributed by atoms with Crippen LogP contribution in [0.1, 0.15) is 52.4 Å². The lowest BCUT2D eigenvalue weighted by atomic mass is 10.0. The second-order valence-corrected chi connectivity index (χ2v) is 3.81. The van der Waals surface area contributed by atoms with E-state index in [2.05, 4.69) is 18.7 Å². The van der Waals surface area contributed by atoms with Gasteiger partial charge in [0.25, 0.3) is 0 Å². The number of hydrogen-bond donors (Lipinski definition) is 1. The van der Waals surface area contributed by atoms with Crippen LogP contribution >= 0.6 is 0 Å². The van der Waals surface area contributed by atoms with Crippen LogP contribution in [0.15, 0.2) is 0 Å². The molecule has 0 radical (unpaired) electrons. The highest BCUT2D eigenvalue weighted by molar-refractivity contribution is 5.68. The first-order valence-electron chi connectivity index (χ1n) is 5.01. The van der Waals surface area contributed by atoms with E-state index in [0.29, 0.717) is 6.42 Å². The Balaban J connectivity index is 3.04. The zero-order chi connectivity index (χ0) is 10.1. The summed E-state index contributed by atoms with van der Waals surface area (Å²) in [6.45, 7) is 4.42. The van der Waals surface area contributed by atoms with Gasteiger partial charge in [0, 0.05) is 6.42 Å². The Morgan fingerprint density at radius 1 is 1.23 bits per heavy atom. The summed E-state index contributed by atoms with van der Waals surface area (Å²) in [5.41, 5.74) is 0. The smallest absolute Gasteiger partial charge is 0.301 e. The van der Waals surface area contributed by atoms with Gasteiger partial charge in [-0.2, -0.15) is 5.26 Å². The van der Waals surface area contributed by atoms with Crippen molar-refractivity contribution in [3.63, 3.8) is 0 Å². The lowest BCUT2D eigenvalue weighted by Gasteiger charge is -2.03. The second kappa shape index (κ2) is 8.05. The van der Waals surface area contributed by atoms with E-state index in [1.54, 1.807) is 0 Å². The van der Waals surface area contributed by atoms with E-state index in [4.69, 9.17) is 5.26 Å². The minimum atomic E-state index is -0.524. The molecule has 78 valence electrons. The fourth-order valence-electron chi connectivity index (χ4n) is 1.22. The molecule has 0 fully saturated rings. The van der Waals surface area contributed by atoms with Crippen LogP contribution in [0.3, 0.4) is 0 Å². The average molecular weight is 188 g/mol. The van der Waals surface area contributed by atoms with Gasteiger partial charge in [-0.25, -0.2) is 4.79 Å². The fraction of sp³-hybridized carbons (Fsp3) is 0.900. The predicted molar refractivity (Wildman–Crippen MR) is 51.3 cm³/mol. The number of carbonyl (C=O) groups excluding carboxylic acids is 1. The fourth-order valence-corrected chi connectivity index (χ4v) is 1.22. The standard InChI is InChI=1S/C10H20O3/c1-9(2)7-5-3-4-6-8-10(11)13-12/h9,12H,3-8H2,1-2H3. The number of rotatable bonds is 7. The molecular weight excluding hydrogens is 168 g/mol. The molecule has 0 rings (SSSR count). The van der Waals surface area contributed by atoms with Gasteiger partial charge in [-0.1, -0.05) is 39.5 Å². The molecule has 0 amide bonds. The van der Waals surface area contributed by atoms with Crippen molar-refractivity contribution in [2.45, 2.75) is 52.4 Å². The number of unbranched alkanes of at least 4 members (excludes halogenated alkanes) is 3. The molecule has 0 aliphatic rings. The van der Waals surface area contributed by atoms with E-state index in [0.717, 1.165) is 25.2 Å². The Hall–Kier alpha value is -0.570. The summed E-state index contributed by atoms with van der Waals surface area (Å²) in [4.78, 5) is 14.0. The van der Waals surface area contributed by atoms with Crippen molar-refractivity contribution in [3.05, 3.63) is 0 Å². The van der Waals surface area contributed by atoms with E-state index in [1.807, 2.05) is 0 Å². The second-order valence-electron chi connectivity index (χ2n) is 3.81. The third-order valence-electron chi connectivity index (χ3n) is 2.01. The Bertz CT molecular complexity index is 132. The van der Waals surface area contributed by atoms with Crippen molar-refractivity contribution in [2.24, 2.45) is 5.92 Å². The SMILES string of the molecule is CC(C)CCCCCCC(=O)OO. The lowest BCUT2D eigenvalue weighted by Crippen LogP contribution is -1.99. The van der Waals surface area contributed by atoms with Crippen LogP contribution < -0.4 is 0 Å². The van der Waals surface area contributed by atoms with Gasteiger partial charge >= 0.3 is 5.97 Å². The molecule has 3 nitrogen and oxygen atoms in total. The molecule has 0 bridgehead atoms. The number of carbonyl (C=O) groups is 1. The first-order valence-corrected chi connectivity index (χ1v) is 5.01. The predicted octanol–water partition coefficient (Wildman–Crippen LogP) is 3.00. The summed E-state index contributed by atoms with van der Waals surface area (Å²) in [5.74, 6) is 0.242. The Morgan fingerprint density at radius 2 is 1.85 bits per heavy atom. The molecule has 13 heavy (non-hydrogen) atoms. The first-order chi connectivity index (χ1) is 6.16. The van der Waals surface area contributed by atoms with Gasteiger partial charge in [0.15, 0.2) is 0 Å². The quantitative estimate of drug-likeness (QED) is 0.379.